The number of hydrogen-bond acceptors (Lipinski definition) is 5. The van der Waals surface area contributed by atoms with E-state index in [1.807, 2.05) is 42.5 Å². The van der Waals surface area contributed by atoms with Gasteiger partial charge in [0, 0.05) is 49.6 Å². The maximum atomic E-state index is 13.1. The largest absolute Gasteiger partial charge is 0.368 e. The summed E-state index contributed by atoms with van der Waals surface area (Å²) in [6, 6.07) is 16.3. The van der Waals surface area contributed by atoms with Gasteiger partial charge in [0.2, 0.25) is 5.95 Å². The van der Waals surface area contributed by atoms with Crippen LogP contribution in [0, 0.1) is 5.82 Å². The van der Waals surface area contributed by atoms with Crippen LogP contribution in [0.25, 0.3) is 0 Å². The van der Waals surface area contributed by atoms with E-state index in [9.17, 15) is 4.39 Å². The van der Waals surface area contributed by atoms with Crippen molar-refractivity contribution in [3.8, 4) is 0 Å². The maximum Gasteiger partial charge on any atom is 0.227 e. The lowest BCUT2D eigenvalue weighted by Crippen LogP contribution is -2.47. The quantitative estimate of drug-likeness (QED) is 0.698. The van der Waals surface area contributed by atoms with Crippen molar-refractivity contribution < 1.29 is 4.39 Å². The fraction of sp³-hybridized carbons (Fsp3) is 0.238. The number of anilines is 3. The normalized spacial score (nSPS) is 14.2. The highest BCUT2D eigenvalue weighted by molar-refractivity contribution is 6.30. The van der Waals surface area contributed by atoms with E-state index in [-0.39, 0.29) is 5.82 Å². The third kappa shape index (κ3) is 4.51. The molecule has 28 heavy (non-hydrogen) atoms. The predicted octanol–water partition coefficient (Wildman–Crippen LogP) is 4.21. The Morgan fingerprint density at radius 1 is 0.893 bits per heavy atom. The fourth-order valence-electron chi connectivity index (χ4n) is 3.21. The van der Waals surface area contributed by atoms with Crippen molar-refractivity contribution in [2.75, 3.05) is 41.3 Å². The van der Waals surface area contributed by atoms with Crippen LogP contribution in [0.5, 0.6) is 0 Å². The van der Waals surface area contributed by atoms with Crippen molar-refractivity contribution in [1.82, 2.24) is 9.97 Å². The number of piperazine rings is 1. The highest BCUT2D eigenvalue weighted by Crippen LogP contribution is 2.20. The second-order valence-corrected chi connectivity index (χ2v) is 7.11. The molecule has 0 atom stereocenters. The van der Waals surface area contributed by atoms with Crippen LogP contribution in [0.4, 0.5) is 21.8 Å². The minimum Gasteiger partial charge on any atom is -0.368 e. The first-order valence-corrected chi connectivity index (χ1v) is 9.62. The van der Waals surface area contributed by atoms with Crippen LogP contribution in [-0.4, -0.2) is 36.1 Å². The molecule has 4 rings (SSSR count). The number of nitrogens with one attached hydrogen (secondary N) is 1. The standard InChI is InChI=1S/C21H21ClFN5/c22-17-3-1-16(2-4-17)15-25-20-9-10-24-21(26-20)28-13-11-27(12-14-28)19-7-5-18(23)6-8-19/h1-10H,11-15H2,(H,24,25,26). The van der Waals surface area contributed by atoms with E-state index in [1.165, 1.54) is 12.1 Å². The molecule has 0 bridgehead atoms. The lowest BCUT2D eigenvalue weighted by molar-refractivity contribution is 0.623. The Morgan fingerprint density at radius 3 is 2.29 bits per heavy atom. The number of benzene rings is 2. The van der Waals surface area contributed by atoms with E-state index in [0.29, 0.717) is 6.54 Å². The van der Waals surface area contributed by atoms with Gasteiger partial charge in [-0.3, -0.25) is 0 Å². The third-order valence-electron chi connectivity index (χ3n) is 4.78. The Labute approximate surface area is 168 Å². The van der Waals surface area contributed by atoms with Crippen LogP contribution < -0.4 is 15.1 Å². The van der Waals surface area contributed by atoms with E-state index in [2.05, 4.69) is 25.1 Å². The van der Waals surface area contributed by atoms with Gasteiger partial charge >= 0.3 is 0 Å². The molecule has 0 amide bonds. The van der Waals surface area contributed by atoms with Gasteiger partial charge in [-0.2, -0.15) is 4.98 Å². The van der Waals surface area contributed by atoms with Gasteiger partial charge in [-0.1, -0.05) is 23.7 Å². The molecule has 1 aromatic heterocycles. The number of rotatable bonds is 5. The summed E-state index contributed by atoms with van der Waals surface area (Å²) in [5.74, 6) is 1.31. The Hall–Kier alpha value is -2.86. The van der Waals surface area contributed by atoms with Crippen LogP contribution in [0.15, 0.2) is 60.8 Å². The molecule has 0 saturated carbocycles. The van der Waals surface area contributed by atoms with E-state index >= 15 is 0 Å². The van der Waals surface area contributed by atoms with Crippen LogP contribution in [0.1, 0.15) is 5.56 Å². The summed E-state index contributed by atoms with van der Waals surface area (Å²) in [5.41, 5.74) is 2.18. The minimum absolute atomic E-state index is 0.210. The van der Waals surface area contributed by atoms with Crippen molar-refractivity contribution in [1.29, 1.82) is 0 Å². The Bertz CT molecular complexity index is 909. The smallest absolute Gasteiger partial charge is 0.227 e. The van der Waals surface area contributed by atoms with Crippen molar-refractivity contribution in [2.45, 2.75) is 6.54 Å². The number of aromatic nitrogens is 2. The molecule has 1 aliphatic rings. The van der Waals surface area contributed by atoms with E-state index in [4.69, 9.17) is 11.6 Å². The van der Waals surface area contributed by atoms with Gasteiger partial charge in [0.05, 0.1) is 0 Å². The summed E-state index contributed by atoms with van der Waals surface area (Å²) in [5, 5.41) is 4.06. The Morgan fingerprint density at radius 2 is 1.57 bits per heavy atom. The van der Waals surface area contributed by atoms with Crippen molar-refractivity contribution in [3.05, 3.63) is 77.2 Å². The molecule has 7 heteroatoms. The van der Waals surface area contributed by atoms with Crippen LogP contribution in [-0.2, 0) is 6.54 Å². The minimum atomic E-state index is -0.210. The van der Waals surface area contributed by atoms with Gasteiger partial charge < -0.3 is 15.1 Å². The molecular weight excluding hydrogens is 377 g/mol. The summed E-state index contributed by atoms with van der Waals surface area (Å²) in [6.45, 7) is 4.00. The lowest BCUT2D eigenvalue weighted by atomic mass is 10.2. The lowest BCUT2D eigenvalue weighted by Gasteiger charge is -2.36. The van der Waals surface area contributed by atoms with Crippen molar-refractivity contribution in [2.24, 2.45) is 0 Å². The van der Waals surface area contributed by atoms with Crippen LogP contribution in [0.3, 0.4) is 0 Å². The van der Waals surface area contributed by atoms with Gasteiger partial charge in [0.25, 0.3) is 0 Å². The average molecular weight is 398 g/mol. The van der Waals surface area contributed by atoms with E-state index < -0.39 is 0 Å². The predicted molar refractivity (Wildman–Crippen MR) is 112 cm³/mol. The van der Waals surface area contributed by atoms with E-state index in [0.717, 1.165) is 54.2 Å². The molecule has 1 N–H and O–H groups in total. The van der Waals surface area contributed by atoms with Gasteiger partial charge in [-0.05, 0) is 48.0 Å². The van der Waals surface area contributed by atoms with Gasteiger partial charge in [0.1, 0.15) is 11.6 Å². The fourth-order valence-corrected chi connectivity index (χ4v) is 3.34. The van der Waals surface area contributed by atoms with Gasteiger partial charge in [0.15, 0.2) is 0 Å². The zero-order valence-corrected chi connectivity index (χ0v) is 16.1. The Balaban J connectivity index is 1.35. The Kier molecular flexibility index (Phi) is 5.58. The first-order chi connectivity index (χ1) is 13.7. The van der Waals surface area contributed by atoms with Crippen LogP contribution >= 0.6 is 11.6 Å². The second-order valence-electron chi connectivity index (χ2n) is 6.67. The average Bonchev–Trinajstić information content (AvgIpc) is 2.74. The molecule has 3 aromatic rings. The highest BCUT2D eigenvalue weighted by atomic mass is 35.5. The topological polar surface area (TPSA) is 44.3 Å². The van der Waals surface area contributed by atoms with Crippen molar-refractivity contribution in [3.63, 3.8) is 0 Å². The highest BCUT2D eigenvalue weighted by Gasteiger charge is 2.19. The number of hydrogen-bond donors (Lipinski definition) is 1. The summed E-state index contributed by atoms with van der Waals surface area (Å²) >= 11 is 5.93. The molecule has 5 nitrogen and oxygen atoms in total. The van der Waals surface area contributed by atoms with Gasteiger partial charge in [-0.15, -0.1) is 0 Å². The molecule has 0 spiro atoms. The zero-order valence-electron chi connectivity index (χ0n) is 15.4. The molecule has 2 heterocycles. The molecule has 1 saturated heterocycles. The number of nitrogens with zero attached hydrogens (tertiary/aromatic N) is 4. The van der Waals surface area contributed by atoms with Crippen molar-refractivity contribution >= 4 is 29.1 Å². The molecule has 2 aromatic carbocycles. The monoisotopic (exact) mass is 397 g/mol. The first kappa shape index (κ1) is 18.5. The summed E-state index contributed by atoms with van der Waals surface area (Å²) in [4.78, 5) is 13.5. The molecular formula is C21H21ClFN5. The molecule has 0 radical (unpaired) electrons. The molecule has 1 aliphatic heterocycles. The second kappa shape index (κ2) is 8.44. The molecule has 0 unspecified atom stereocenters. The van der Waals surface area contributed by atoms with E-state index in [1.54, 1.807) is 6.20 Å². The maximum absolute atomic E-state index is 13.1. The summed E-state index contributed by atoms with van der Waals surface area (Å²) in [7, 11) is 0. The molecule has 144 valence electrons. The van der Waals surface area contributed by atoms with Crippen LogP contribution in [0.2, 0.25) is 5.02 Å². The molecule has 0 aliphatic carbocycles. The first-order valence-electron chi connectivity index (χ1n) is 9.24. The zero-order chi connectivity index (χ0) is 19.3. The SMILES string of the molecule is Fc1ccc(N2CCN(c3nccc(NCc4ccc(Cl)cc4)n3)CC2)cc1. The third-order valence-corrected chi connectivity index (χ3v) is 5.04. The number of halogens is 2. The summed E-state index contributed by atoms with van der Waals surface area (Å²) < 4.78 is 13.1. The molecule has 1 fully saturated rings. The summed E-state index contributed by atoms with van der Waals surface area (Å²) in [6.07, 6.45) is 1.78. The van der Waals surface area contributed by atoms with Gasteiger partial charge in [-0.25, -0.2) is 9.37 Å².